The van der Waals surface area contributed by atoms with E-state index < -0.39 is 35.3 Å². The Morgan fingerprint density at radius 2 is 1.75 bits per heavy atom. The first kappa shape index (κ1) is 14.3. The molecule has 0 aliphatic rings. The third-order valence-corrected chi connectivity index (χ3v) is 2.72. The van der Waals surface area contributed by atoms with Crippen LogP contribution in [0.4, 0.5) is 17.6 Å². The van der Waals surface area contributed by atoms with Crippen LogP contribution in [0.25, 0.3) is 0 Å². The van der Waals surface area contributed by atoms with Gasteiger partial charge in [0, 0.05) is 0 Å². The lowest BCUT2D eigenvalue weighted by molar-refractivity contribution is -0.228. The number of alkyl halides is 4. The molecule has 0 bridgehead atoms. The minimum absolute atomic E-state index is 0.732. The Kier molecular flexibility index (Phi) is 3.43. The van der Waals surface area contributed by atoms with Crippen LogP contribution in [0, 0.1) is 0 Å². The number of hydrogen-bond acceptors (Lipinski definition) is 4. The fourth-order valence-corrected chi connectivity index (χ4v) is 1.63. The Morgan fingerprint density at radius 1 is 1.15 bits per heavy atom. The summed E-state index contributed by atoms with van der Waals surface area (Å²) >= 11 is 0. The van der Waals surface area contributed by atoms with Crippen molar-refractivity contribution in [1.29, 1.82) is 0 Å². The van der Waals surface area contributed by atoms with Gasteiger partial charge >= 0.3 is 5.92 Å². The van der Waals surface area contributed by atoms with Gasteiger partial charge in [-0.05, 0) is 24.3 Å². The summed E-state index contributed by atoms with van der Waals surface area (Å²) < 4.78 is 62.9. The molecule has 0 aliphatic heterocycles. The molecule has 0 radical (unpaired) electrons. The summed E-state index contributed by atoms with van der Waals surface area (Å²) in [6, 6.07) is 3.79. The van der Waals surface area contributed by atoms with E-state index in [4.69, 9.17) is 0 Å². The first-order chi connectivity index (χ1) is 9.31. The number of ketones is 1. The van der Waals surface area contributed by atoms with Crippen molar-refractivity contribution in [3.05, 3.63) is 48.3 Å². The van der Waals surface area contributed by atoms with E-state index >= 15 is 0 Å². The summed E-state index contributed by atoms with van der Waals surface area (Å²) in [5.41, 5.74) is -4.08. The third-order valence-electron chi connectivity index (χ3n) is 2.72. The molecule has 1 unspecified atom stereocenters. The second kappa shape index (κ2) is 4.78. The van der Waals surface area contributed by atoms with E-state index in [0.717, 1.165) is 36.8 Å². The van der Waals surface area contributed by atoms with Crippen LogP contribution in [-0.4, -0.2) is 23.2 Å². The Bertz CT molecular complexity index is 577. The van der Waals surface area contributed by atoms with Gasteiger partial charge in [0.25, 0.3) is 17.8 Å². The molecule has 0 spiro atoms. The average molecular weight is 292 g/mol. The minimum Gasteiger partial charge on any atom is -0.466 e. The van der Waals surface area contributed by atoms with Gasteiger partial charge in [0.2, 0.25) is 0 Å². The molecule has 2 rings (SSSR count). The number of hydrogen-bond donors (Lipinski definition) is 1. The summed E-state index contributed by atoms with van der Waals surface area (Å²) in [5.74, 6) is -8.86. The highest BCUT2D eigenvalue weighted by Crippen LogP contribution is 2.44. The van der Waals surface area contributed by atoms with Crippen molar-refractivity contribution in [3.63, 3.8) is 0 Å². The van der Waals surface area contributed by atoms with Crippen LogP contribution >= 0.6 is 0 Å². The zero-order valence-electron chi connectivity index (χ0n) is 9.73. The molecule has 8 heteroatoms. The van der Waals surface area contributed by atoms with Crippen LogP contribution in [-0.2, 0) is 5.60 Å². The molecule has 0 aromatic carbocycles. The van der Waals surface area contributed by atoms with E-state index in [1.807, 2.05) is 0 Å². The predicted octanol–water partition coefficient (Wildman–Crippen LogP) is 2.84. The van der Waals surface area contributed by atoms with Gasteiger partial charge < -0.3 is 13.9 Å². The maximum Gasteiger partial charge on any atom is 0.353 e. The van der Waals surface area contributed by atoms with Crippen LogP contribution in [0.2, 0.25) is 0 Å². The van der Waals surface area contributed by atoms with Gasteiger partial charge in [-0.1, -0.05) is 0 Å². The van der Waals surface area contributed by atoms with Crippen molar-refractivity contribution in [2.45, 2.75) is 17.9 Å². The van der Waals surface area contributed by atoms with Crippen LogP contribution < -0.4 is 0 Å². The highest BCUT2D eigenvalue weighted by atomic mass is 19.3. The first-order valence-electron chi connectivity index (χ1n) is 5.32. The van der Waals surface area contributed by atoms with Crippen molar-refractivity contribution < 1.29 is 36.3 Å². The van der Waals surface area contributed by atoms with E-state index in [9.17, 15) is 27.5 Å². The van der Waals surface area contributed by atoms with Crippen molar-refractivity contribution in [2.24, 2.45) is 0 Å². The van der Waals surface area contributed by atoms with Gasteiger partial charge in [-0.15, -0.1) is 0 Å². The zero-order valence-corrected chi connectivity index (χ0v) is 9.73. The molecule has 108 valence electrons. The molecule has 1 N–H and O–H groups in total. The summed E-state index contributed by atoms with van der Waals surface area (Å²) in [6.45, 7) is 0. The molecule has 0 aliphatic carbocycles. The van der Waals surface area contributed by atoms with Crippen LogP contribution in [0.15, 0.2) is 45.6 Å². The fourth-order valence-electron chi connectivity index (χ4n) is 1.63. The number of aliphatic hydroxyl groups is 1. The Morgan fingerprint density at radius 3 is 2.20 bits per heavy atom. The summed E-state index contributed by atoms with van der Waals surface area (Å²) in [4.78, 5) is 11.6. The average Bonchev–Trinajstić information content (AvgIpc) is 3.08. The second-order valence-corrected chi connectivity index (χ2v) is 3.93. The lowest BCUT2D eigenvalue weighted by Gasteiger charge is -2.31. The van der Waals surface area contributed by atoms with Gasteiger partial charge in [-0.2, -0.15) is 8.78 Å². The molecule has 0 saturated heterocycles. The Labute approximate surface area is 109 Å². The van der Waals surface area contributed by atoms with E-state index in [1.165, 1.54) is 0 Å². The molecule has 2 heterocycles. The molecule has 2 aromatic rings. The van der Waals surface area contributed by atoms with Gasteiger partial charge in [0.1, 0.15) is 5.76 Å². The SMILES string of the molecule is O=C(c1ccco1)C(F)(F)C(O)(c1ccco1)C(F)F. The standard InChI is InChI=1S/C12H8F4O4/c13-10(14)11(18,8-4-2-6-20-8)12(15,16)9(17)7-3-1-5-19-7/h1-6,10,18H. The summed E-state index contributed by atoms with van der Waals surface area (Å²) in [7, 11) is 0. The van der Waals surface area contributed by atoms with Crippen molar-refractivity contribution in [3.8, 4) is 0 Å². The maximum atomic E-state index is 14.0. The van der Waals surface area contributed by atoms with E-state index in [1.54, 1.807) is 0 Å². The number of Topliss-reactive ketones (excluding diaryl/α,β-unsaturated/α-hetero) is 1. The monoisotopic (exact) mass is 292 g/mol. The van der Waals surface area contributed by atoms with Crippen LogP contribution in [0.1, 0.15) is 16.3 Å². The molecular weight excluding hydrogens is 284 g/mol. The lowest BCUT2D eigenvalue weighted by Crippen LogP contribution is -2.55. The highest BCUT2D eigenvalue weighted by Gasteiger charge is 2.67. The van der Waals surface area contributed by atoms with E-state index in [-0.39, 0.29) is 0 Å². The van der Waals surface area contributed by atoms with Gasteiger partial charge in [0.15, 0.2) is 5.76 Å². The van der Waals surface area contributed by atoms with E-state index in [0.29, 0.717) is 0 Å². The van der Waals surface area contributed by atoms with Crippen LogP contribution in [0.5, 0.6) is 0 Å². The maximum absolute atomic E-state index is 14.0. The zero-order chi connectivity index (χ0) is 15.0. The molecule has 0 amide bonds. The Hall–Kier alpha value is -2.09. The summed E-state index contributed by atoms with van der Waals surface area (Å²) in [5, 5.41) is 9.69. The first-order valence-corrected chi connectivity index (χ1v) is 5.32. The molecule has 20 heavy (non-hydrogen) atoms. The minimum atomic E-state index is -4.84. The van der Waals surface area contributed by atoms with Crippen LogP contribution in [0.3, 0.4) is 0 Å². The summed E-state index contributed by atoms with van der Waals surface area (Å²) in [6.07, 6.45) is -2.20. The lowest BCUT2D eigenvalue weighted by atomic mass is 9.89. The fraction of sp³-hybridized carbons (Fsp3) is 0.250. The normalized spacial score (nSPS) is 15.3. The van der Waals surface area contributed by atoms with Crippen molar-refractivity contribution >= 4 is 5.78 Å². The second-order valence-electron chi connectivity index (χ2n) is 3.93. The quantitative estimate of drug-likeness (QED) is 0.680. The molecule has 0 saturated carbocycles. The van der Waals surface area contributed by atoms with Crippen molar-refractivity contribution in [1.82, 2.24) is 0 Å². The number of carbonyl (C=O) groups is 1. The van der Waals surface area contributed by atoms with Crippen molar-refractivity contribution in [2.75, 3.05) is 0 Å². The van der Waals surface area contributed by atoms with Gasteiger partial charge in [0.05, 0.1) is 12.5 Å². The smallest absolute Gasteiger partial charge is 0.353 e. The Balaban J connectivity index is 2.51. The number of carbonyl (C=O) groups excluding carboxylic acids is 1. The van der Waals surface area contributed by atoms with E-state index in [2.05, 4.69) is 8.83 Å². The molecular formula is C12H8F4O4. The number of halogens is 4. The molecule has 0 fully saturated rings. The number of furan rings is 2. The molecule has 1 atom stereocenters. The topological polar surface area (TPSA) is 63.6 Å². The third kappa shape index (κ3) is 1.92. The number of rotatable bonds is 5. The highest BCUT2D eigenvalue weighted by molar-refractivity contribution is 6.00. The predicted molar refractivity (Wildman–Crippen MR) is 56.6 cm³/mol. The largest absolute Gasteiger partial charge is 0.466 e. The van der Waals surface area contributed by atoms with Gasteiger partial charge in [-0.25, -0.2) is 8.78 Å². The van der Waals surface area contributed by atoms with Gasteiger partial charge in [-0.3, -0.25) is 4.79 Å². The molecule has 4 nitrogen and oxygen atoms in total. The molecule has 2 aromatic heterocycles.